The second-order valence-electron chi connectivity index (χ2n) is 5.21. The van der Waals surface area contributed by atoms with Crippen LogP contribution in [0.5, 0.6) is 5.75 Å². The Morgan fingerprint density at radius 1 is 1.14 bits per heavy atom. The number of hydrogen-bond acceptors (Lipinski definition) is 3. The molecule has 0 aliphatic rings. The summed E-state index contributed by atoms with van der Waals surface area (Å²) in [5.41, 5.74) is 0.512. The van der Waals surface area contributed by atoms with Gasteiger partial charge in [-0.1, -0.05) is 20.3 Å². The molecule has 0 fully saturated rings. The van der Waals surface area contributed by atoms with E-state index < -0.39 is 6.04 Å². The van der Waals surface area contributed by atoms with E-state index in [4.69, 9.17) is 4.74 Å². The van der Waals surface area contributed by atoms with Crippen LogP contribution in [-0.2, 0) is 4.79 Å². The number of amides is 2. The molecular formula is C17H26N2O3. The van der Waals surface area contributed by atoms with Crippen LogP contribution in [0.25, 0.3) is 0 Å². The summed E-state index contributed by atoms with van der Waals surface area (Å²) in [6, 6.07) is 6.39. The van der Waals surface area contributed by atoms with Gasteiger partial charge in [-0.15, -0.1) is 0 Å². The lowest BCUT2D eigenvalue weighted by molar-refractivity contribution is -0.122. The smallest absolute Gasteiger partial charge is 0.251 e. The van der Waals surface area contributed by atoms with Crippen molar-refractivity contribution in [3.63, 3.8) is 0 Å². The average Bonchev–Trinajstić information content (AvgIpc) is 2.53. The quantitative estimate of drug-likeness (QED) is 0.689. The summed E-state index contributed by atoms with van der Waals surface area (Å²) in [4.78, 5) is 23.8. The molecule has 0 aliphatic heterocycles. The number of benzene rings is 1. The van der Waals surface area contributed by atoms with Crippen LogP contribution in [0, 0.1) is 0 Å². The highest BCUT2D eigenvalue weighted by atomic mass is 16.5. The highest BCUT2D eigenvalue weighted by Gasteiger charge is 2.15. The summed E-state index contributed by atoms with van der Waals surface area (Å²) in [5.74, 6) is 0.313. The van der Waals surface area contributed by atoms with Crippen molar-refractivity contribution in [2.45, 2.75) is 46.1 Å². The van der Waals surface area contributed by atoms with Gasteiger partial charge in [0.2, 0.25) is 5.91 Å². The first kappa shape index (κ1) is 18.0. The van der Waals surface area contributed by atoms with Gasteiger partial charge in [0.15, 0.2) is 0 Å². The molecule has 2 N–H and O–H groups in total. The Bertz CT molecular complexity index is 471. The first-order valence-electron chi connectivity index (χ1n) is 7.89. The van der Waals surface area contributed by atoms with Crippen LogP contribution in [0.4, 0.5) is 0 Å². The van der Waals surface area contributed by atoms with Crippen molar-refractivity contribution < 1.29 is 14.3 Å². The molecule has 0 aromatic heterocycles. The lowest BCUT2D eigenvalue weighted by Gasteiger charge is -2.14. The number of rotatable bonds is 9. The Hall–Kier alpha value is -2.04. The van der Waals surface area contributed by atoms with Crippen LogP contribution >= 0.6 is 0 Å². The highest BCUT2D eigenvalue weighted by Crippen LogP contribution is 2.12. The minimum Gasteiger partial charge on any atom is -0.494 e. The molecule has 0 saturated heterocycles. The van der Waals surface area contributed by atoms with Crippen molar-refractivity contribution in [3.8, 4) is 5.75 Å². The number of carbonyl (C=O) groups excluding carboxylic acids is 2. The van der Waals surface area contributed by atoms with Gasteiger partial charge >= 0.3 is 0 Å². The molecule has 122 valence electrons. The van der Waals surface area contributed by atoms with Crippen molar-refractivity contribution in [3.05, 3.63) is 29.8 Å². The maximum atomic E-state index is 12.1. The molecule has 5 heteroatoms. The molecule has 0 radical (unpaired) electrons. The predicted molar refractivity (Wildman–Crippen MR) is 87.1 cm³/mol. The van der Waals surface area contributed by atoms with Gasteiger partial charge in [-0.25, -0.2) is 0 Å². The van der Waals surface area contributed by atoms with Gasteiger partial charge in [-0.3, -0.25) is 9.59 Å². The summed E-state index contributed by atoms with van der Waals surface area (Å²) in [6.45, 7) is 7.05. The van der Waals surface area contributed by atoms with Crippen molar-refractivity contribution in [1.82, 2.24) is 10.6 Å². The van der Waals surface area contributed by atoms with Crippen LogP contribution in [0.2, 0.25) is 0 Å². The third-order valence-electron chi connectivity index (χ3n) is 3.17. The minimum absolute atomic E-state index is 0.172. The van der Waals surface area contributed by atoms with Crippen LogP contribution in [0.1, 0.15) is 50.4 Å². The summed E-state index contributed by atoms with van der Waals surface area (Å²) < 4.78 is 5.55. The molecular weight excluding hydrogens is 280 g/mol. The van der Waals surface area contributed by atoms with E-state index >= 15 is 0 Å². The third kappa shape index (κ3) is 6.16. The summed E-state index contributed by atoms with van der Waals surface area (Å²) in [7, 11) is 0. The second kappa shape index (κ2) is 9.82. The Kier molecular flexibility index (Phi) is 8.04. The number of ether oxygens (including phenoxy) is 1. The van der Waals surface area contributed by atoms with Crippen molar-refractivity contribution in [2.24, 2.45) is 0 Å². The molecule has 1 aromatic rings. The van der Waals surface area contributed by atoms with Gasteiger partial charge in [-0.05, 0) is 44.0 Å². The molecule has 1 unspecified atom stereocenters. The molecule has 1 atom stereocenters. The highest BCUT2D eigenvalue weighted by molar-refractivity contribution is 5.97. The lowest BCUT2D eigenvalue weighted by atomic mass is 10.2. The number of nitrogens with one attached hydrogen (secondary N) is 2. The van der Waals surface area contributed by atoms with E-state index in [1.54, 1.807) is 31.2 Å². The molecule has 0 saturated carbocycles. The molecule has 5 nitrogen and oxygen atoms in total. The van der Waals surface area contributed by atoms with Gasteiger partial charge in [0.05, 0.1) is 6.61 Å². The zero-order valence-electron chi connectivity index (χ0n) is 13.6. The van der Waals surface area contributed by atoms with Gasteiger partial charge < -0.3 is 15.4 Å². The third-order valence-corrected chi connectivity index (χ3v) is 3.17. The molecule has 2 amide bonds. The zero-order chi connectivity index (χ0) is 16.4. The van der Waals surface area contributed by atoms with E-state index in [-0.39, 0.29) is 11.8 Å². The Morgan fingerprint density at radius 2 is 1.82 bits per heavy atom. The van der Waals surface area contributed by atoms with Crippen molar-refractivity contribution in [2.75, 3.05) is 13.2 Å². The second-order valence-corrected chi connectivity index (χ2v) is 5.21. The average molecular weight is 306 g/mol. The minimum atomic E-state index is -0.556. The van der Waals surface area contributed by atoms with Gasteiger partial charge in [0.25, 0.3) is 5.91 Å². The summed E-state index contributed by atoms with van der Waals surface area (Å²) in [6.07, 6.45) is 2.96. The van der Waals surface area contributed by atoms with Gasteiger partial charge in [0, 0.05) is 12.1 Å². The van der Waals surface area contributed by atoms with E-state index in [2.05, 4.69) is 17.6 Å². The van der Waals surface area contributed by atoms with Crippen LogP contribution < -0.4 is 15.4 Å². The lowest BCUT2D eigenvalue weighted by Crippen LogP contribution is -2.44. The maximum Gasteiger partial charge on any atom is 0.251 e. The van der Waals surface area contributed by atoms with E-state index in [9.17, 15) is 9.59 Å². The number of hydrogen-bond donors (Lipinski definition) is 2. The fourth-order valence-electron chi connectivity index (χ4n) is 1.78. The van der Waals surface area contributed by atoms with Gasteiger partial charge in [-0.2, -0.15) is 0 Å². The molecule has 1 aromatic carbocycles. The molecule has 0 heterocycles. The van der Waals surface area contributed by atoms with E-state index in [0.29, 0.717) is 18.7 Å². The molecule has 0 spiro atoms. The Balaban J connectivity index is 2.49. The van der Waals surface area contributed by atoms with Crippen molar-refractivity contribution >= 4 is 11.8 Å². The first-order chi connectivity index (χ1) is 10.6. The largest absolute Gasteiger partial charge is 0.494 e. The molecule has 0 aliphatic carbocycles. The van der Waals surface area contributed by atoms with Crippen LogP contribution in [-0.4, -0.2) is 31.0 Å². The molecule has 1 rings (SSSR count). The van der Waals surface area contributed by atoms with Crippen molar-refractivity contribution in [1.29, 1.82) is 0 Å². The number of unbranched alkanes of at least 4 members (excludes halogenated alkanes) is 1. The first-order valence-corrected chi connectivity index (χ1v) is 7.89. The Morgan fingerprint density at radius 3 is 2.41 bits per heavy atom. The van der Waals surface area contributed by atoms with E-state index in [0.717, 1.165) is 25.0 Å². The molecule has 0 bridgehead atoms. The zero-order valence-corrected chi connectivity index (χ0v) is 13.6. The monoisotopic (exact) mass is 306 g/mol. The normalized spacial score (nSPS) is 11.6. The molecule has 22 heavy (non-hydrogen) atoms. The maximum absolute atomic E-state index is 12.1. The standard InChI is InChI=1S/C17H26N2O3/c1-4-6-12-22-15-9-7-14(8-10-15)17(21)19-13(3)16(20)18-11-5-2/h7-10,13H,4-6,11-12H2,1-3H3,(H,18,20)(H,19,21). The van der Waals surface area contributed by atoms with Gasteiger partial charge in [0.1, 0.15) is 11.8 Å². The van der Waals surface area contributed by atoms with E-state index in [1.807, 2.05) is 6.92 Å². The fraction of sp³-hybridized carbons (Fsp3) is 0.529. The predicted octanol–water partition coefficient (Wildman–Crippen LogP) is 2.51. The number of carbonyl (C=O) groups is 2. The summed E-state index contributed by atoms with van der Waals surface area (Å²) >= 11 is 0. The SMILES string of the molecule is CCCCOc1ccc(C(=O)NC(C)C(=O)NCCC)cc1. The fourth-order valence-corrected chi connectivity index (χ4v) is 1.78. The topological polar surface area (TPSA) is 67.4 Å². The van der Waals surface area contributed by atoms with Crippen LogP contribution in [0.3, 0.4) is 0 Å². The van der Waals surface area contributed by atoms with E-state index in [1.165, 1.54) is 0 Å². The summed E-state index contributed by atoms with van der Waals surface area (Å²) in [5, 5.41) is 5.44. The van der Waals surface area contributed by atoms with Crippen LogP contribution in [0.15, 0.2) is 24.3 Å². The Labute approximate surface area is 132 Å².